The van der Waals surface area contributed by atoms with Gasteiger partial charge in [0.2, 0.25) is 0 Å². The highest BCUT2D eigenvalue weighted by molar-refractivity contribution is 5.70. The zero-order chi connectivity index (χ0) is 12.0. The zero-order valence-corrected chi connectivity index (χ0v) is 9.98. The molecule has 5 nitrogen and oxygen atoms in total. The minimum Gasteiger partial charge on any atom is -0.443 e. The van der Waals surface area contributed by atoms with E-state index in [4.69, 9.17) is 9.47 Å². The first-order valence-corrected chi connectivity index (χ1v) is 5.22. The van der Waals surface area contributed by atoms with Crippen LogP contribution in [0.2, 0.25) is 0 Å². The van der Waals surface area contributed by atoms with Gasteiger partial charge in [0.25, 0.3) is 0 Å². The topological polar surface area (TPSA) is 56.7 Å². The Kier molecular flexibility index (Phi) is 2.31. The van der Waals surface area contributed by atoms with Gasteiger partial charge in [-0.1, -0.05) is 0 Å². The van der Waals surface area contributed by atoms with Crippen molar-refractivity contribution >= 4 is 6.09 Å². The standard InChI is InChI=1S/C11H16N2O3/c1-10(2,3)16-9(14)13-5-8(12-7-13)11(4)6-15-11/h5,7H,6H2,1-4H3. The summed E-state index contributed by atoms with van der Waals surface area (Å²) in [6.45, 7) is 8.07. The molecular formula is C11H16N2O3. The lowest BCUT2D eigenvalue weighted by molar-refractivity contribution is 0.0536. The maximum absolute atomic E-state index is 11.7. The minimum absolute atomic E-state index is 0.312. The summed E-state index contributed by atoms with van der Waals surface area (Å²) < 4.78 is 11.8. The van der Waals surface area contributed by atoms with Gasteiger partial charge >= 0.3 is 6.09 Å². The van der Waals surface area contributed by atoms with E-state index in [0.29, 0.717) is 6.61 Å². The van der Waals surface area contributed by atoms with Crippen LogP contribution in [0.3, 0.4) is 0 Å². The normalized spacial score (nSPS) is 24.2. The highest BCUT2D eigenvalue weighted by Gasteiger charge is 2.43. The van der Waals surface area contributed by atoms with Crippen LogP contribution in [0.4, 0.5) is 4.79 Å². The average molecular weight is 224 g/mol. The van der Waals surface area contributed by atoms with Gasteiger partial charge in [0.1, 0.15) is 17.5 Å². The van der Waals surface area contributed by atoms with E-state index in [1.807, 2.05) is 27.7 Å². The predicted octanol–water partition coefficient (Wildman–Crippen LogP) is 1.91. The molecule has 1 aliphatic rings. The molecule has 1 atom stereocenters. The SMILES string of the molecule is CC(C)(C)OC(=O)n1cnc(C2(C)CO2)c1. The van der Waals surface area contributed by atoms with Crippen LogP contribution in [0.25, 0.3) is 0 Å². The summed E-state index contributed by atoms with van der Waals surface area (Å²) in [6, 6.07) is 0. The van der Waals surface area contributed by atoms with E-state index >= 15 is 0 Å². The molecule has 1 saturated heterocycles. The van der Waals surface area contributed by atoms with Crippen LogP contribution in [0.5, 0.6) is 0 Å². The molecule has 1 unspecified atom stereocenters. The average Bonchev–Trinajstić information content (AvgIpc) is 2.71. The molecule has 2 heterocycles. The number of imidazole rings is 1. The summed E-state index contributed by atoms with van der Waals surface area (Å²) >= 11 is 0. The van der Waals surface area contributed by atoms with E-state index in [0.717, 1.165) is 5.69 Å². The lowest BCUT2D eigenvalue weighted by Gasteiger charge is -2.19. The minimum atomic E-state index is -0.499. The first-order valence-electron chi connectivity index (χ1n) is 5.22. The molecule has 0 N–H and O–H groups in total. The number of epoxide rings is 1. The largest absolute Gasteiger partial charge is 0.443 e. The summed E-state index contributed by atoms with van der Waals surface area (Å²) in [5.41, 5.74) is -0.0484. The maximum Gasteiger partial charge on any atom is 0.419 e. The first-order chi connectivity index (χ1) is 7.30. The number of carbonyl (C=O) groups is 1. The summed E-state index contributed by atoms with van der Waals surface area (Å²) in [5.74, 6) is 0. The van der Waals surface area contributed by atoms with Crippen molar-refractivity contribution in [3.05, 3.63) is 18.2 Å². The lowest BCUT2D eigenvalue weighted by atomic mass is 10.1. The fraction of sp³-hybridized carbons (Fsp3) is 0.636. The van der Waals surface area contributed by atoms with E-state index in [1.165, 1.54) is 10.9 Å². The second-order valence-electron chi connectivity index (χ2n) is 5.17. The number of ether oxygens (including phenoxy) is 2. The molecule has 0 aromatic carbocycles. The van der Waals surface area contributed by atoms with Gasteiger partial charge in [0, 0.05) is 6.20 Å². The molecule has 0 aliphatic carbocycles. The first kappa shape index (κ1) is 11.1. The molecule has 1 fully saturated rings. The van der Waals surface area contributed by atoms with E-state index in [2.05, 4.69) is 4.98 Å². The summed E-state index contributed by atoms with van der Waals surface area (Å²) in [7, 11) is 0. The molecule has 88 valence electrons. The van der Waals surface area contributed by atoms with Crippen molar-refractivity contribution in [2.45, 2.75) is 38.9 Å². The van der Waals surface area contributed by atoms with Gasteiger partial charge in [0.15, 0.2) is 0 Å². The Bertz CT molecular complexity index is 413. The lowest BCUT2D eigenvalue weighted by Crippen LogP contribution is -2.26. The van der Waals surface area contributed by atoms with Crippen LogP contribution in [0, 0.1) is 0 Å². The maximum atomic E-state index is 11.7. The Morgan fingerprint density at radius 1 is 1.62 bits per heavy atom. The molecule has 0 radical (unpaired) electrons. The van der Waals surface area contributed by atoms with E-state index in [-0.39, 0.29) is 5.60 Å². The number of rotatable bonds is 1. The summed E-state index contributed by atoms with van der Waals surface area (Å²) in [4.78, 5) is 15.8. The molecular weight excluding hydrogens is 208 g/mol. The highest BCUT2D eigenvalue weighted by Crippen LogP contribution is 2.36. The van der Waals surface area contributed by atoms with Gasteiger partial charge in [-0.2, -0.15) is 0 Å². The van der Waals surface area contributed by atoms with Crippen molar-refractivity contribution in [3.8, 4) is 0 Å². The van der Waals surface area contributed by atoms with Crippen molar-refractivity contribution in [1.82, 2.24) is 9.55 Å². The fourth-order valence-electron chi connectivity index (χ4n) is 1.27. The quantitative estimate of drug-likeness (QED) is 0.684. The van der Waals surface area contributed by atoms with E-state index in [9.17, 15) is 4.79 Å². The Morgan fingerprint density at radius 2 is 2.25 bits per heavy atom. The number of nitrogens with zero attached hydrogens (tertiary/aromatic N) is 2. The van der Waals surface area contributed by atoms with Gasteiger partial charge in [-0.05, 0) is 27.7 Å². The number of hydrogen-bond acceptors (Lipinski definition) is 4. The van der Waals surface area contributed by atoms with Crippen molar-refractivity contribution in [1.29, 1.82) is 0 Å². The zero-order valence-electron chi connectivity index (χ0n) is 9.98. The molecule has 5 heteroatoms. The van der Waals surface area contributed by atoms with Gasteiger partial charge < -0.3 is 9.47 Å². The Balaban J connectivity index is 2.10. The van der Waals surface area contributed by atoms with E-state index in [1.54, 1.807) is 6.20 Å². The number of carbonyl (C=O) groups excluding carboxylic acids is 1. The van der Waals surface area contributed by atoms with Crippen molar-refractivity contribution in [3.63, 3.8) is 0 Å². The van der Waals surface area contributed by atoms with Crippen molar-refractivity contribution in [2.24, 2.45) is 0 Å². The Morgan fingerprint density at radius 3 is 2.75 bits per heavy atom. The third-order valence-corrected chi connectivity index (χ3v) is 2.31. The number of aromatic nitrogens is 2. The Labute approximate surface area is 94.4 Å². The van der Waals surface area contributed by atoms with Crippen LogP contribution in [0.1, 0.15) is 33.4 Å². The molecule has 0 bridgehead atoms. The number of hydrogen-bond donors (Lipinski definition) is 0. The second-order valence-corrected chi connectivity index (χ2v) is 5.17. The smallest absolute Gasteiger partial charge is 0.419 e. The van der Waals surface area contributed by atoms with Crippen LogP contribution >= 0.6 is 0 Å². The summed E-state index contributed by atoms with van der Waals surface area (Å²) in [5, 5.41) is 0. The third-order valence-electron chi connectivity index (χ3n) is 2.31. The Hall–Kier alpha value is -1.36. The molecule has 1 aliphatic heterocycles. The fourth-order valence-corrected chi connectivity index (χ4v) is 1.27. The summed E-state index contributed by atoms with van der Waals surface area (Å²) in [6.07, 6.45) is 2.69. The second kappa shape index (κ2) is 3.31. The molecule has 16 heavy (non-hydrogen) atoms. The van der Waals surface area contributed by atoms with Crippen LogP contribution < -0.4 is 0 Å². The highest BCUT2D eigenvalue weighted by atomic mass is 16.6. The van der Waals surface area contributed by atoms with Crippen LogP contribution in [0.15, 0.2) is 12.5 Å². The van der Waals surface area contributed by atoms with Gasteiger partial charge in [0.05, 0.1) is 12.3 Å². The van der Waals surface area contributed by atoms with Gasteiger partial charge in [-0.3, -0.25) is 0 Å². The van der Waals surface area contributed by atoms with E-state index < -0.39 is 11.7 Å². The predicted molar refractivity (Wildman–Crippen MR) is 57.2 cm³/mol. The molecule has 0 amide bonds. The third kappa shape index (κ3) is 2.24. The molecule has 2 rings (SSSR count). The molecule has 0 spiro atoms. The van der Waals surface area contributed by atoms with Gasteiger partial charge in [-0.25, -0.2) is 14.3 Å². The monoisotopic (exact) mass is 224 g/mol. The van der Waals surface area contributed by atoms with Crippen molar-refractivity contribution in [2.75, 3.05) is 6.61 Å². The van der Waals surface area contributed by atoms with Crippen molar-refractivity contribution < 1.29 is 14.3 Å². The van der Waals surface area contributed by atoms with Gasteiger partial charge in [-0.15, -0.1) is 0 Å². The molecule has 0 saturated carbocycles. The van der Waals surface area contributed by atoms with Crippen LogP contribution in [-0.4, -0.2) is 27.9 Å². The molecule has 1 aromatic rings. The van der Waals surface area contributed by atoms with Crippen LogP contribution in [-0.2, 0) is 15.1 Å². The molecule has 1 aromatic heterocycles.